The zero-order valence-corrected chi connectivity index (χ0v) is 17.1. The molecule has 2 fully saturated rings. The molecular weight excluding hydrogens is 344 g/mol. The van der Waals surface area contributed by atoms with Gasteiger partial charge in [0.05, 0.1) is 0 Å². The molecule has 3 aliphatic rings. The highest BCUT2D eigenvalue weighted by Gasteiger charge is 2.31. The van der Waals surface area contributed by atoms with Gasteiger partial charge in [0.25, 0.3) is 5.91 Å². The Kier molecular flexibility index (Phi) is 6.11. The van der Waals surface area contributed by atoms with E-state index in [4.69, 9.17) is 0 Å². The van der Waals surface area contributed by atoms with Crippen LogP contribution in [0.2, 0.25) is 0 Å². The largest absolute Gasteiger partial charge is 0.334 e. The van der Waals surface area contributed by atoms with E-state index in [9.17, 15) is 4.79 Å². The second kappa shape index (κ2) is 8.91. The zero-order chi connectivity index (χ0) is 19.3. The first-order chi connectivity index (χ1) is 13.7. The molecule has 0 spiro atoms. The van der Waals surface area contributed by atoms with Gasteiger partial charge >= 0.3 is 0 Å². The number of allylic oxidation sites excluding steroid dienone is 6. The van der Waals surface area contributed by atoms with Gasteiger partial charge < -0.3 is 9.80 Å². The fourth-order valence-electron chi connectivity index (χ4n) is 4.65. The fraction of sp³-hybridized carbons (Fsp3) is 0.480. The van der Waals surface area contributed by atoms with Gasteiger partial charge in [0.1, 0.15) is 0 Å². The van der Waals surface area contributed by atoms with Crippen molar-refractivity contribution in [2.75, 3.05) is 26.2 Å². The minimum Gasteiger partial charge on any atom is -0.334 e. The Morgan fingerprint density at radius 2 is 1.82 bits per heavy atom. The normalized spacial score (nSPS) is 22.9. The third kappa shape index (κ3) is 4.30. The van der Waals surface area contributed by atoms with Crippen molar-refractivity contribution in [3.05, 3.63) is 65.3 Å². The summed E-state index contributed by atoms with van der Waals surface area (Å²) in [6.45, 7) is 6.55. The molecule has 0 N–H and O–H groups in total. The Morgan fingerprint density at radius 1 is 1.04 bits per heavy atom. The number of benzene rings is 1. The van der Waals surface area contributed by atoms with Crippen LogP contribution in [0.4, 0.5) is 0 Å². The summed E-state index contributed by atoms with van der Waals surface area (Å²) in [5.74, 6) is 0.201. The Morgan fingerprint density at radius 3 is 2.57 bits per heavy atom. The molecule has 1 aliphatic carbocycles. The Balaban J connectivity index is 1.45. The molecule has 4 rings (SSSR count). The maximum Gasteiger partial charge on any atom is 0.254 e. The van der Waals surface area contributed by atoms with E-state index >= 15 is 0 Å². The summed E-state index contributed by atoms with van der Waals surface area (Å²) < 4.78 is 0. The van der Waals surface area contributed by atoms with E-state index in [0.717, 1.165) is 44.3 Å². The van der Waals surface area contributed by atoms with Gasteiger partial charge in [-0.05, 0) is 74.9 Å². The van der Waals surface area contributed by atoms with Crippen molar-refractivity contribution in [2.24, 2.45) is 0 Å². The van der Waals surface area contributed by atoms with E-state index in [2.05, 4.69) is 53.2 Å². The number of rotatable bonds is 5. The monoisotopic (exact) mass is 376 g/mol. The van der Waals surface area contributed by atoms with Crippen molar-refractivity contribution < 1.29 is 4.79 Å². The lowest BCUT2D eigenvalue weighted by Gasteiger charge is -2.28. The van der Waals surface area contributed by atoms with Gasteiger partial charge in [-0.3, -0.25) is 4.79 Å². The van der Waals surface area contributed by atoms with Crippen LogP contribution in [-0.4, -0.2) is 47.9 Å². The van der Waals surface area contributed by atoms with Gasteiger partial charge in [-0.25, -0.2) is 0 Å². The van der Waals surface area contributed by atoms with Crippen LogP contribution in [0.3, 0.4) is 0 Å². The van der Waals surface area contributed by atoms with Crippen LogP contribution in [0.1, 0.15) is 61.4 Å². The molecule has 1 aromatic carbocycles. The highest BCUT2D eigenvalue weighted by atomic mass is 16.2. The molecule has 2 saturated heterocycles. The smallest absolute Gasteiger partial charge is 0.254 e. The first-order valence-corrected chi connectivity index (χ1v) is 10.9. The number of carbonyl (C=O) groups excluding carboxylic acids is 1. The number of carbonyl (C=O) groups is 1. The number of hydrogen-bond acceptors (Lipinski definition) is 2. The highest BCUT2D eigenvalue weighted by molar-refractivity contribution is 5.95. The molecule has 3 nitrogen and oxygen atoms in total. The van der Waals surface area contributed by atoms with Crippen LogP contribution in [0, 0.1) is 0 Å². The molecule has 0 radical (unpaired) electrons. The van der Waals surface area contributed by atoms with E-state index < -0.39 is 0 Å². The summed E-state index contributed by atoms with van der Waals surface area (Å²) >= 11 is 0. The molecule has 0 saturated carbocycles. The molecular formula is C25H32N2O. The van der Waals surface area contributed by atoms with Crippen LogP contribution in [0.5, 0.6) is 0 Å². The van der Waals surface area contributed by atoms with Gasteiger partial charge in [0.15, 0.2) is 0 Å². The third-order valence-corrected chi connectivity index (χ3v) is 6.40. The quantitative estimate of drug-likeness (QED) is 0.716. The Bertz CT molecular complexity index is 781. The molecule has 148 valence electrons. The number of hydrogen-bond donors (Lipinski definition) is 0. The second-order valence-corrected chi connectivity index (χ2v) is 8.29. The Hall–Kier alpha value is -2.13. The third-order valence-electron chi connectivity index (χ3n) is 6.40. The summed E-state index contributed by atoms with van der Waals surface area (Å²) in [5.41, 5.74) is 4.67. The maximum atomic E-state index is 13.1. The molecule has 1 amide bonds. The van der Waals surface area contributed by atoms with E-state index in [1.165, 1.54) is 42.6 Å². The maximum absolute atomic E-state index is 13.1. The molecule has 0 bridgehead atoms. The predicted octanol–water partition coefficient (Wildman–Crippen LogP) is 5.07. The van der Waals surface area contributed by atoms with Crippen molar-refractivity contribution in [3.8, 4) is 0 Å². The van der Waals surface area contributed by atoms with Crippen LogP contribution < -0.4 is 0 Å². The fourth-order valence-corrected chi connectivity index (χ4v) is 4.65. The van der Waals surface area contributed by atoms with Crippen LogP contribution in [0.25, 0.3) is 5.57 Å². The van der Waals surface area contributed by atoms with Gasteiger partial charge in [0, 0.05) is 24.7 Å². The molecule has 1 atom stereocenters. The SMILES string of the molecule is CCC1=CC=C(c2ccc(C(=O)N3CCCC3CN3CCCC3)cc2)C=CC1. The highest BCUT2D eigenvalue weighted by Crippen LogP contribution is 2.25. The van der Waals surface area contributed by atoms with Crippen molar-refractivity contribution in [1.82, 2.24) is 9.80 Å². The van der Waals surface area contributed by atoms with E-state index in [1.54, 1.807) is 0 Å². The predicted molar refractivity (Wildman–Crippen MR) is 116 cm³/mol. The molecule has 3 heteroatoms. The minimum atomic E-state index is 0.201. The van der Waals surface area contributed by atoms with Gasteiger partial charge in [-0.1, -0.05) is 48.9 Å². The number of nitrogens with zero attached hydrogens (tertiary/aromatic N) is 2. The van der Waals surface area contributed by atoms with Crippen LogP contribution in [-0.2, 0) is 0 Å². The molecule has 1 aromatic rings. The lowest BCUT2D eigenvalue weighted by Crippen LogP contribution is -2.42. The molecule has 1 unspecified atom stereocenters. The minimum absolute atomic E-state index is 0.201. The summed E-state index contributed by atoms with van der Waals surface area (Å²) in [4.78, 5) is 17.8. The second-order valence-electron chi connectivity index (χ2n) is 8.29. The van der Waals surface area contributed by atoms with Crippen molar-refractivity contribution in [1.29, 1.82) is 0 Å². The summed E-state index contributed by atoms with van der Waals surface area (Å²) in [6, 6.07) is 8.59. The topological polar surface area (TPSA) is 23.6 Å². The van der Waals surface area contributed by atoms with Crippen LogP contribution in [0.15, 0.2) is 54.1 Å². The average Bonchev–Trinajstić information content (AvgIpc) is 3.35. The summed E-state index contributed by atoms with van der Waals surface area (Å²) in [7, 11) is 0. The van der Waals surface area contributed by atoms with Crippen LogP contribution >= 0.6 is 0 Å². The average molecular weight is 377 g/mol. The Labute approximate surface area is 169 Å². The standard InChI is InChI=1S/C25H32N2O/c1-2-20-7-5-8-21(11-10-20)22-12-14-23(15-13-22)25(28)27-18-6-9-24(27)19-26-16-3-4-17-26/h5,8,10-15,24H,2-4,6-7,9,16-19H2,1H3. The molecule has 2 heterocycles. The first kappa shape index (κ1) is 19.2. The van der Waals surface area contributed by atoms with Gasteiger partial charge in [0.2, 0.25) is 0 Å². The van der Waals surface area contributed by atoms with E-state index in [1.807, 2.05) is 12.1 Å². The lowest BCUT2D eigenvalue weighted by molar-refractivity contribution is 0.0709. The van der Waals surface area contributed by atoms with Gasteiger partial charge in [-0.15, -0.1) is 0 Å². The van der Waals surface area contributed by atoms with E-state index in [-0.39, 0.29) is 5.91 Å². The number of amides is 1. The molecule has 0 aromatic heterocycles. The van der Waals surface area contributed by atoms with Crippen molar-refractivity contribution in [3.63, 3.8) is 0 Å². The summed E-state index contributed by atoms with van der Waals surface area (Å²) in [6.07, 6.45) is 15.9. The zero-order valence-electron chi connectivity index (χ0n) is 17.1. The van der Waals surface area contributed by atoms with E-state index in [0.29, 0.717) is 6.04 Å². The number of likely N-dealkylation sites (tertiary alicyclic amines) is 2. The summed E-state index contributed by atoms with van der Waals surface area (Å²) in [5, 5.41) is 0. The first-order valence-electron chi connectivity index (χ1n) is 10.9. The molecule has 2 aliphatic heterocycles. The van der Waals surface area contributed by atoms with Gasteiger partial charge in [-0.2, -0.15) is 0 Å². The lowest BCUT2D eigenvalue weighted by atomic mass is 10.0. The van der Waals surface area contributed by atoms with Crippen molar-refractivity contribution in [2.45, 2.75) is 51.5 Å². The van der Waals surface area contributed by atoms with Crippen molar-refractivity contribution >= 4 is 11.5 Å². The molecule has 28 heavy (non-hydrogen) atoms.